The van der Waals surface area contributed by atoms with E-state index in [2.05, 4.69) is 56.3 Å². The highest BCUT2D eigenvalue weighted by Gasteiger charge is 2.22. The summed E-state index contributed by atoms with van der Waals surface area (Å²) in [4.78, 5) is 27.0. The van der Waals surface area contributed by atoms with Crippen molar-refractivity contribution >= 4 is 44.5 Å². The molecule has 1 aliphatic heterocycles. The van der Waals surface area contributed by atoms with Crippen molar-refractivity contribution in [2.45, 2.75) is 25.9 Å². The van der Waals surface area contributed by atoms with Gasteiger partial charge in [0, 0.05) is 14.7 Å². The van der Waals surface area contributed by atoms with Gasteiger partial charge in [-0.2, -0.15) is 0 Å². The van der Waals surface area contributed by atoms with Gasteiger partial charge >= 0.3 is 0 Å². The van der Waals surface area contributed by atoms with Crippen molar-refractivity contribution in [2.24, 2.45) is 0 Å². The number of fused-ring (bicyclic) bond motifs is 2. The van der Waals surface area contributed by atoms with Crippen LogP contribution in [0.15, 0.2) is 102 Å². The van der Waals surface area contributed by atoms with Crippen LogP contribution in [0.5, 0.6) is 0 Å². The molecule has 0 atom stereocenters. The standard InChI is InChI=1S/C33H28IN5O/c34-24-17-18-27-26(21-24)33(40)39(31(35-27)23-11-3-1-4-12-23)29-15-7-5-13-25(29)32-36-28-14-6-8-16-30(28)38(32)22-37-19-9-2-10-20-37/h1,3-8,11-18,21H,2,9-10,19-20,22H2. The van der Waals surface area contributed by atoms with Gasteiger partial charge < -0.3 is 4.57 Å². The largest absolute Gasteiger partial charge is 0.310 e. The Bertz CT molecular complexity index is 1900. The van der Waals surface area contributed by atoms with E-state index in [0.717, 1.165) is 57.0 Å². The molecule has 1 fully saturated rings. The number of imidazole rings is 1. The van der Waals surface area contributed by atoms with E-state index in [-0.39, 0.29) is 5.56 Å². The van der Waals surface area contributed by atoms with Crippen molar-refractivity contribution in [3.8, 4) is 28.5 Å². The molecule has 1 saturated heterocycles. The zero-order valence-corrected chi connectivity index (χ0v) is 24.2. The summed E-state index contributed by atoms with van der Waals surface area (Å²) >= 11 is 2.25. The number of nitrogens with zero attached hydrogens (tertiary/aromatic N) is 5. The van der Waals surface area contributed by atoms with Crippen molar-refractivity contribution in [1.29, 1.82) is 0 Å². The molecule has 0 radical (unpaired) electrons. The minimum atomic E-state index is -0.0893. The number of piperidine rings is 1. The van der Waals surface area contributed by atoms with E-state index >= 15 is 0 Å². The average molecular weight is 638 g/mol. The third-order valence-electron chi connectivity index (χ3n) is 7.69. The van der Waals surface area contributed by atoms with Gasteiger partial charge in [-0.25, -0.2) is 9.97 Å². The molecule has 0 bridgehead atoms. The van der Waals surface area contributed by atoms with Crippen LogP contribution < -0.4 is 5.56 Å². The third kappa shape index (κ3) is 4.53. The molecular formula is C33H28IN5O. The summed E-state index contributed by atoms with van der Waals surface area (Å²) in [6, 6.07) is 32.2. The first-order valence-corrected chi connectivity index (χ1v) is 14.8. The summed E-state index contributed by atoms with van der Waals surface area (Å²) in [5, 5.41) is 0.600. The molecule has 6 nitrogen and oxygen atoms in total. The topological polar surface area (TPSA) is 56.0 Å². The smallest absolute Gasteiger partial charge is 0.266 e. The molecule has 0 saturated carbocycles. The Morgan fingerprint density at radius 2 is 1.45 bits per heavy atom. The highest BCUT2D eigenvalue weighted by Crippen LogP contribution is 2.32. The van der Waals surface area contributed by atoms with E-state index in [4.69, 9.17) is 9.97 Å². The van der Waals surface area contributed by atoms with Gasteiger partial charge in [-0.1, -0.05) is 61.0 Å². The second-order valence-electron chi connectivity index (χ2n) is 10.3. The van der Waals surface area contributed by atoms with Crippen molar-refractivity contribution in [3.63, 3.8) is 0 Å². The number of likely N-dealkylation sites (tertiary alicyclic amines) is 1. The minimum absolute atomic E-state index is 0.0893. The van der Waals surface area contributed by atoms with E-state index in [1.54, 1.807) is 4.57 Å². The van der Waals surface area contributed by atoms with Crippen molar-refractivity contribution < 1.29 is 0 Å². The fraction of sp³-hybridized carbons (Fsp3) is 0.182. The van der Waals surface area contributed by atoms with Crippen LogP contribution in [-0.4, -0.2) is 37.1 Å². The molecular weight excluding hydrogens is 609 g/mol. The number of hydrogen-bond acceptors (Lipinski definition) is 4. The summed E-state index contributed by atoms with van der Waals surface area (Å²) < 4.78 is 5.08. The first-order chi connectivity index (χ1) is 19.7. The van der Waals surface area contributed by atoms with Gasteiger partial charge in [0.15, 0.2) is 0 Å². The third-order valence-corrected chi connectivity index (χ3v) is 8.36. The number of para-hydroxylation sites is 3. The molecule has 7 heteroatoms. The highest BCUT2D eigenvalue weighted by molar-refractivity contribution is 14.1. The van der Waals surface area contributed by atoms with Crippen LogP contribution >= 0.6 is 22.6 Å². The van der Waals surface area contributed by atoms with Crippen LogP contribution in [-0.2, 0) is 6.67 Å². The van der Waals surface area contributed by atoms with Crippen molar-refractivity contribution in [3.05, 3.63) is 111 Å². The van der Waals surface area contributed by atoms with Crippen molar-refractivity contribution in [1.82, 2.24) is 24.0 Å². The van der Waals surface area contributed by atoms with Gasteiger partial charge in [-0.15, -0.1) is 0 Å². The number of rotatable bonds is 5. The molecule has 1 aliphatic rings. The lowest BCUT2D eigenvalue weighted by Crippen LogP contribution is -2.32. The van der Waals surface area contributed by atoms with E-state index in [1.807, 2.05) is 72.8 Å². The van der Waals surface area contributed by atoms with Crippen LogP contribution in [0.3, 0.4) is 0 Å². The Labute approximate surface area is 246 Å². The maximum atomic E-state index is 14.3. The maximum absolute atomic E-state index is 14.3. The van der Waals surface area contributed by atoms with Crippen LogP contribution in [0.4, 0.5) is 0 Å². The van der Waals surface area contributed by atoms with E-state index in [0.29, 0.717) is 16.7 Å². The first-order valence-electron chi connectivity index (χ1n) is 13.7. The van der Waals surface area contributed by atoms with Gasteiger partial charge in [0.1, 0.15) is 11.6 Å². The summed E-state index contributed by atoms with van der Waals surface area (Å²) in [7, 11) is 0. The Balaban J connectivity index is 1.50. The number of halogens is 1. The fourth-order valence-electron chi connectivity index (χ4n) is 5.74. The highest BCUT2D eigenvalue weighted by atomic mass is 127. The Morgan fingerprint density at radius 1 is 0.725 bits per heavy atom. The lowest BCUT2D eigenvalue weighted by Gasteiger charge is -2.28. The molecule has 0 unspecified atom stereocenters. The number of aromatic nitrogens is 4. The molecule has 6 aromatic rings. The lowest BCUT2D eigenvalue weighted by molar-refractivity contribution is 0.186. The van der Waals surface area contributed by atoms with Crippen molar-refractivity contribution in [2.75, 3.05) is 13.1 Å². The zero-order chi connectivity index (χ0) is 27.1. The first kappa shape index (κ1) is 25.2. The van der Waals surface area contributed by atoms with Gasteiger partial charge in [0.2, 0.25) is 0 Å². The minimum Gasteiger partial charge on any atom is -0.310 e. The second-order valence-corrected chi connectivity index (χ2v) is 11.5. The number of benzene rings is 4. The summed E-state index contributed by atoms with van der Waals surface area (Å²) in [6.07, 6.45) is 3.72. The average Bonchev–Trinajstić information content (AvgIpc) is 3.36. The molecule has 0 amide bonds. The Kier molecular flexibility index (Phi) is 6.69. The quantitative estimate of drug-likeness (QED) is 0.189. The zero-order valence-electron chi connectivity index (χ0n) is 22.0. The molecule has 0 spiro atoms. The summed E-state index contributed by atoms with van der Waals surface area (Å²) in [6.45, 7) is 2.93. The second kappa shape index (κ2) is 10.6. The van der Waals surface area contributed by atoms with Crippen LogP contribution in [0.1, 0.15) is 19.3 Å². The van der Waals surface area contributed by atoms with E-state index in [1.165, 1.54) is 19.3 Å². The predicted molar refractivity (Wildman–Crippen MR) is 170 cm³/mol. The molecule has 7 rings (SSSR count). The van der Waals surface area contributed by atoms with Crippen LogP contribution in [0.25, 0.3) is 50.4 Å². The summed E-state index contributed by atoms with van der Waals surface area (Å²) in [5.74, 6) is 1.47. The van der Waals surface area contributed by atoms with Gasteiger partial charge in [-0.3, -0.25) is 14.3 Å². The molecule has 198 valence electrons. The Hall–Kier alpha value is -3.82. The molecule has 0 N–H and O–H groups in total. The van der Waals surface area contributed by atoms with Crippen LogP contribution in [0.2, 0.25) is 0 Å². The molecule has 2 aromatic heterocycles. The molecule has 4 aromatic carbocycles. The Morgan fingerprint density at radius 3 is 2.30 bits per heavy atom. The number of hydrogen-bond donors (Lipinski definition) is 0. The van der Waals surface area contributed by atoms with E-state index < -0.39 is 0 Å². The normalized spacial score (nSPS) is 14.2. The van der Waals surface area contributed by atoms with Gasteiger partial charge in [0.25, 0.3) is 5.56 Å². The summed E-state index contributed by atoms with van der Waals surface area (Å²) in [5.41, 5.74) is 5.21. The van der Waals surface area contributed by atoms with Gasteiger partial charge in [0.05, 0.1) is 34.3 Å². The molecule has 40 heavy (non-hydrogen) atoms. The monoisotopic (exact) mass is 637 g/mol. The maximum Gasteiger partial charge on any atom is 0.266 e. The molecule has 3 heterocycles. The lowest BCUT2D eigenvalue weighted by atomic mass is 10.1. The van der Waals surface area contributed by atoms with Gasteiger partial charge in [-0.05, 0) is 91.0 Å². The van der Waals surface area contributed by atoms with E-state index in [9.17, 15) is 4.79 Å². The predicted octanol–water partition coefficient (Wildman–Crippen LogP) is 7.12. The van der Waals surface area contributed by atoms with Crippen LogP contribution in [0, 0.1) is 3.57 Å². The fourth-order valence-corrected chi connectivity index (χ4v) is 6.24. The SMILES string of the molecule is O=c1c2cc(I)ccc2nc(-c2ccccc2)n1-c1ccccc1-c1nc2ccccc2n1CN1CCCCC1. The molecule has 0 aliphatic carbocycles.